The number of non-ortho nitro benzene ring substituents is 1. The summed E-state index contributed by atoms with van der Waals surface area (Å²) in [5, 5.41) is 13.9. The molecule has 3 aliphatic carbocycles. The molecule has 4 aliphatic rings. The first-order valence-electron chi connectivity index (χ1n) is 13.0. The summed E-state index contributed by atoms with van der Waals surface area (Å²) in [5.41, 5.74) is 4.40. The van der Waals surface area contributed by atoms with Crippen LogP contribution in [0, 0.1) is 22.0 Å². The first-order chi connectivity index (χ1) is 18.4. The molecule has 2 bridgehead atoms. The number of hydrogen-bond donors (Lipinski definition) is 1. The van der Waals surface area contributed by atoms with Crippen LogP contribution in [0.4, 0.5) is 11.4 Å². The zero-order valence-electron chi connectivity index (χ0n) is 20.9. The van der Waals surface area contributed by atoms with Gasteiger partial charge < -0.3 is 5.32 Å². The topological polar surface area (TPSA) is 110 Å². The molecule has 1 saturated heterocycles. The quantitative estimate of drug-likeness (QED) is 0.274. The second-order valence-electron chi connectivity index (χ2n) is 10.3. The van der Waals surface area contributed by atoms with Crippen molar-refractivity contribution in [2.45, 2.75) is 44.1 Å². The highest BCUT2D eigenvalue weighted by molar-refractivity contribution is 6.11. The van der Waals surface area contributed by atoms with Gasteiger partial charge in [0.2, 0.25) is 17.7 Å². The molecule has 7 rings (SSSR count). The molecule has 3 aromatic carbocycles. The molecule has 0 spiro atoms. The van der Waals surface area contributed by atoms with E-state index in [0.29, 0.717) is 12.8 Å². The lowest BCUT2D eigenvalue weighted by Gasteiger charge is -2.45. The Bertz CT molecular complexity index is 1370. The zero-order valence-corrected chi connectivity index (χ0v) is 20.9. The maximum Gasteiger partial charge on any atom is 0.271 e. The van der Waals surface area contributed by atoms with Gasteiger partial charge in [-0.15, -0.1) is 0 Å². The fraction of sp³-hybridized carbons (Fsp3) is 0.300. The third-order valence-corrected chi connectivity index (χ3v) is 8.25. The molecule has 0 saturated carbocycles. The van der Waals surface area contributed by atoms with E-state index < -0.39 is 28.7 Å². The second-order valence-corrected chi connectivity index (χ2v) is 10.3. The number of likely N-dealkylation sites (tertiary alicyclic amines) is 1. The number of benzene rings is 3. The molecule has 8 nitrogen and oxygen atoms in total. The monoisotopic (exact) mass is 509 g/mol. The number of carbonyl (C=O) groups excluding carboxylic acids is 3. The maximum atomic E-state index is 14.1. The number of amides is 3. The van der Waals surface area contributed by atoms with Gasteiger partial charge in [-0.05, 0) is 34.7 Å². The third-order valence-electron chi connectivity index (χ3n) is 8.25. The summed E-state index contributed by atoms with van der Waals surface area (Å²) in [4.78, 5) is 53.6. The average molecular weight is 510 g/mol. The van der Waals surface area contributed by atoms with Crippen molar-refractivity contribution >= 4 is 29.1 Å². The van der Waals surface area contributed by atoms with Crippen molar-refractivity contribution < 1.29 is 19.3 Å². The first kappa shape index (κ1) is 24.0. The molecular formula is C30H27N3O5. The van der Waals surface area contributed by atoms with Crippen molar-refractivity contribution in [3.05, 3.63) is 105 Å². The van der Waals surface area contributed by atoms with Gasteiger partial charge in [0.1, 0.15) is 6.04 Å². The summed E-state index contributed by atoms with van der Waals surface area (Å²) < 4.78 is 0. The number of hydrogen-bond acceptors (Lipinski definition) is 5. The molecule has 0 aromatic heterocycles. The smallest absolute Gasteiger partial charge is 0.271 e. The molecular weight excluding hydrogens is 482 g/mol. The highest BCUT2D eigenvalue weighted by Crippen LogP contribution is 2.61. The van der Waals surface area contributed by atoms with Crippen LogP contribution in [0.15, 0.2) is 72.8 Å². The molecule has 1 heterocycles. The van der Waals surface area contributed by atoms with Gasteiger partial charge in [0.15, 0.2) is 0 Å². The Morgan fingerprint density at radius 1 is 0.895 bits per heavy atom. The van der Waals surface area contributed by atoms with Crippen LogP contribution in [0.1, 0.15) is 60.3 Å². The van der Waals surface area contributed by atoms with Gasteiger partial charge in [-0.2, -0.15) is 0 Å². The number of imide groups is 1. The predicted octanol–water partition coefficient (Wildman–Crippen LogP) is 4.98. The lowest BCUT2D eigenvalue weighted by molar-refractivity contribution is -0.384. The molecule has 1 aliphatic heterocycles. The Hall–Kier alpha value is -4.33. The van der Waals surface area contributed by atoms with Crippen LogP contribution in [-0.2, 0) is 14.4 Å². The van der Waals surface area contributed by atoms with Gasteiger partial charge in [0.25, 0.3) is 5.69 Å². The van der Waals surface area contributed by atoms with Gasteiger partial charge in [-0.1, -0.05) is 74.4 Å². The third kappa shape index (κ3) is 3.55. The number of rotatable bonds is 7. The van der Waals surface area contributed by atoms with E-state index in [1.165, 1.54) is 23.1 Å². The molecule has 3 atom stereocenters. The minimum absolute atomic E-state index is 0.153. The SMILES string of the molecule is CCCC[C@H](C(=O)Nc1cccc([N+](=O)[O-])c1)N1C(=O)[C@@H]2C3c4ccccc4C(c4ccccc43)[C@@H]2C1=O. The van der Waals surface area contributed by atoms with Crippen LogP contribution in [0.25, 0.3) is 0 Å². The highest BCUT2D eigenvalue weighted by atomic mass is 16.6. The van der Waals surface area contributed by atoms with E-state index in [1.54, 1.807) is 6.07 Å². The standard InChI is InChI=1S/C30H27N3O5/c1-2-3-15-23(28(34)31-17-9-8-10-18(16-17)33(37)38)32-29(35)26-24-19-11-4-5-12-20(19)25(27(26)30(32)36)22-14-7-6-13-21(22)24/h4-14,16,23-27H,2-3,15H2,1H3,(H,31,34)/t23-,24?,25?,26-,27+/m1/s1. The Morgan fingerprint density at radius 2 is 1.42 bits per heavy atom. The highest BCUT2D eigenvalue weighted by Gasteiger charge is 2.62. The maximum absolute atomic E-state index is 14.1. The first-order valence-corrected chi connectivity index (χ1v) is 13.0. The van der Waals surface area contributed by atoms with E-state index in [9.17, 15) is 24.5 Å². The molecule has 192 valence electrons. The van der Waals surface area contributed by atoms with Gasteiger partial charge in [-0.3, -0.25) is 29.4 Å². The van der Waals surface area contributed by atoms with Crippen LogP contribution in [0.5, 0.6) is 0 Å². The van der Waals surface area contributed by atoms with Crippen LogP contribution in [-0.4, -0.2) is 33.6 Å². The summed E-state index contributed by atoms with van der Waals surface area (Å²) in [6.07, 6.45) is 1.75. The number of carbonyl (C=O) groups is 3. The lowest BCUT2D eigenvalue weighted by Crippen LogP contribution is -2.48. The minimum Gasteiger partial charge on any atom is -0.324 e. The number of anilines is 1. The zero-order chi connectivity index (χ0) is 26.6. The molecule has 3 aromatic rings. The van der Waals surface area contributed by atoms with Gasteiger partial charge in [0.05, 0.1) is 16.8 Å². The Morgan fingerprint density at radius 3 is 1.89 bits per heavy atom. The van der Waals surface area contributed by atoms with Crippen molar-refractivity contribution in [2.24, 2.45) is 11.8 Å². The van der Waals surface area contributed by atoms with E-state index in [2.05, 4.69) is 5.32 Å². The second kappa shape index (κ2) is 9.20. The fourth-order valence-electron chi connectivity index (χ4n) is 6.71. The minimum atomic E-state index is -0.995. The van der Waals surface area contributed by atoms with Crippen LogP contribution in [0.2, 0.25) is 0 Å². The van der Waals surface area contributed by atoms with Gasteiger partial charge in [0, 0.05) is 29.7 Å². The average Bonchev–Trinajstić information content (AvgIpc) is 3.19. The summed E-state index contributed by atoms with van der Waals surface area (Å²) in [5.74, 6) is -2.75. The molecule has 3 amide bonds. The summed E-state index contributed by atoms with van der Waals surface area (Å²) in [7, 11) is 0. The molecule has 0 radical (unpaired) electrons. The molecule has 1 N–H and O–H groups in total. The Kier molecular flexibility index (Phi) is 5.82. The molecule has 1 fully saturated rings. The molecule has 38 heavy (non-hydrogen) atoms. The van der Waals surface area contributed by atoms with Gasteiger partial charge >= 0.3 is 0 Å². The van der Waals surface area contributed by atoms with Crippen molar-refractivity contribution in [3.8, 4) is 0 Å². The number of nitro benzene ring substituents is 1. The largest absolute Gasteiger partial charge is 0.324 e. The van der Waals surface area contributed by atoms with Crippen molar-refractivity contribution in [2.75, 3.05) is 5.32 Å². The van der Waals surface area contributed by atoms with Crippen LogP contribution >= 0.6 is 0 Å². The summed E-state index contributed by atoms with van der Waals surface area (Å²) >= 11 is 0. The van der Waals surface area contributed by atoms with E-state index >= 15 is 0 Å². The number of nitrogens with zero attached hydrogens (tertiary/aromatic N) is 2. The van der Waals surface area contributed by atoms with Gasteiger partial charge in [-0.25, -0.2) is 0 Å². The predicted molar refractivity (Wildman–Crippen MR) is 140 cm³/mol. The number of nitrogens with one attached hydrogen (secondary N) is 1. The summed E-state index contributed by atoms with van der Waals surface area (Å²) in [6.45, 7) is 1.98. The molecule has 0 unspecified atom stereocenters. The van der Waals surface area contributed by atoms with Crippen LogP contribution in [0.3, 0.4) is 0 Å². The normalized spacial score (nSPS) is 23.4. The number of nitro groups is 1. The lowest BCUT2D eigenvalue weighted by atomic mass is 9.55. The fourth-order valence-corrected chi connectivity index (χ4v) is 6.71. The van der Waals surface area contributed by atoms with Crippen LogP contribution < -0.4 is 5.32 Å². The summed E-state index contributed by atoms with van der Waals surface area (Å²) in [6, 6.07) is 20.7. The van der Waals surface area contributed by atoms with Crippen molar-refractivity contribution in [3.63, 3.8) is 0 Å². The van der Waals surface area contributed by atoms with E-state index in [1.807, 2.05) is 55.5 Å². The van der Waals surface area contributed by atoms with Crippen molar-refractivity contribution in [1.29, 1.82) is 0 Å². The number of unbranched alkanes of at least 4 members (excludes halogenated alkanes) is 1. The Labute approximate surface area is 219 Å². The van der Waals surface area contributed by atoms with E-state index in [-0.39, 0.29) is 35.0 Å². The Balaban J connectivity index is 1.38. The molecule has 8 heteroatoms. The van der Waals surface area contributed by atoms with E-state index in [4.69, 9.17) is 0 Å². The van der Waals surface area contributed by atoms with E-state index in [0.717, 1.165) is 28.7 Å². The van der Waals surface area contributed by atoms with Crippen molar-refractivity contribution in [1.82, 2.24) is 4.90 Å².